The Kier molecular flexibility index (Phi) is 4.76. The molecule has 5 heteroatoms. The molecule has 1 aromatic heterocycles. The van der Waals surface area contributed by atoms with E-state index in [1.807, 2.05) is 11.7 Å². The largest absolute Gasteiger partial charge is 0.393 e. The van der Waals surface area contributed by atoms with Crippen LogP contribution in [0.1, 0.15) is 24.7 Å². The van der Waals surface area contributed by atoms with E-state index >= 15 is 0 Å². The molecule has 1 atom stereocenters. The van der Waals surface area contributed by atoms with Crippen molar-refractivity contribution in [1.82, 2.24) is 9.78 Å². The first-order chi connectivity index (χ1) is 7.10. The van der Waals surface area contributed by atoms with Gasteiger partial charge in [0.1, 0.15) is 0 Å². The number of halogens is 1. The maximum absolute atomic E-state index is 9.69. The highest BCUT2D eigenvalue weighted by atomic mass is 79.9. The van der Waals surface area contributed by atoms with E-state index in [9.17, 15) is 5.11 Å². The number of nitrogens with zero attached hydrogens (tertiary/aromatic N) is 2. The van der Waals surface area contributed by atoms with Crippen molar-refractivity contribution < 1.29 is 5.11 Å². The van der Waals surface area contributed by atoms with Gasteiger partial charge in [0.05, 0.1) is 22.0 Å². The number of aliphatic hydroxyl groups is 1. The fraction of sp³-hybridized carbons (Fsp3) is 0.700. The molecule has 0 aliphatic heterocycles. The van der Waals surface area contributed by atoms with Gasteiger partial charge in [-0.2, -0.15) is 5.10 Å². The van der Waals surface area contributed by atoms with Crippen LogP contribution in [0.15, 0.2) is 4.47 Å². The Hall–Kier alpha value is -0.390. The molecule has 0 fully saturated rings. The number of aryl methyl sites for hydroxylation is 2. The molecule has 0 aliphatic carbocycles. The summed E-state index contributed by atoms with van der Waals surface area (Å²) in [5.74, 6) is 0. The van der Waals surface area contributed by atoms with Gasteiger partial charge in [0, 0.05) is 13.5 Å². The first kappa shape index (κ1) is 12.7. The van der Waals surface area contributed by atoms with Crippen molar-refractivity contribution in [3.8, 4) is 0 Å². The molecular weight excluding hydrogens is 258 g/mol. The third-order valence-corrected chi connectivity index (χ3v) is 3.35. The zero-order chi connectivity index (χ0) is 11.4. The first-order valence-corrected chi connectivity index (χ1v) is 5.97. The summed E-state index contributed by atoms with van der Waals surface area (Å²) in [4.78, 5) is 0. The highest BCUT2D eigenvalue weighted by molar-refractivity contribution is 9.10. The normalized spacial score (nSPS) is 13.1. The van der Waals surface area contributed by atoms with Crippen LogP contribution in [0.25, 0.3) is 0 Å². The zero-order valence-electron chi connectivity index (χ0n) is 9.20. The van der Waals surface area contributed by atoms with E-state index < -0.39 is 0 Å². The molecular formula is C10H18BrN3O. The number of aromatic nitrogens is 2. The molecule has 0 spiro atoms. The van der Waals surface area contributed by atoms with Gasteiger partial charge in [0.15, 0.2) is 0 Å². The van der Waals surface area contributed by atoms with Crippen molar-refractivity contribution in [3.63, 3.8) is 0 Å². The second-order valence-electron chi connectivity index (χ2n) is 3.62. The van der Waals surface area contributed by atoms with Gasteiger partial charge in [0.25, 0.3) is 0 Å². The molecule has 1 rings (SSSR count). The van der Waals surface area contributed by atoms with E-state index in [4.69, 9.17) is 5.73 Å². The Morgan fingerprint density at radius 3 is 2.73 bits per heavy atom. The quantitative estimate of drug-likeness (QED) is 0.843. The molecule has 15 heavy (non-hydrogen) atoms. The van der Waals surface area contributed by atoms with Crippen molar-refractivity contribution in [2.24, 2.45) is 12.8 Å². The molecule has 1 aromatic rings. The highest BCUT2D eigenvalue weighted by Crippen LogP contribution is 2.23. The summed E-state index contributed by atoms with van der Waals surface area (Å²) < 4.78 is 2.84. The first-order valence-electron chi connectivity index (χ1n) is 5.18. The average Bonchev–Trinajstić information content (AvgIpc) is 2.45. The molecule has 0 aromatic carbocycles. The van der Waals surface area contributed by atoms with Gasteiger partial charge in [-0.1, -0.05) is 6.92 Å². The summed E-state index contributed by atoms with van der Waals surface area (Å²) >= 11 is 3.52. The van der Waals surface area contributed by atoms with Crippen molar-refractivity contribution >= 4 is 15.9 Å². The zero-order valence-corrected chi connectivity index (χ0v) is 10.8. The van der Waals surface area contributed by atoms with Gasteiger partial charge in [-0.25, -0.2) is 0 Å². The lowest BCUT2D eigenvalue weighted by molar-refractivity contribution is 0.165. The Morgan fingerprint density at radius 1 is 1.60 bits per heavy atom. The van der Waals surface area contributed by atoms with Gasteiger partial charge in [-0.05, 0) is 35.3 Å². The van der Waals surface area contributed by atoms with Crippen LogP contribution in [0.2, 0.25) is 0 Å². The summed E-state index contributed by atoms with van der Waals surface area (Å²) in [6, 6.07) is 0. The summed E-state index contributed by atoms with van der Waals surface area (Å²) in [6.07, 6.45) is 1.73. The van der Waals surface area contributed by atoms with Crippen molar-refractivity contribution in [3.05, 3.63) is 15.9 Å². The van der Waals surface area contributed by atoms with E-state index in [1.54, 1.807) is 0 Å². The van der Waals surface area contributed by atoms with Gasteiger partial charge < -0.3 is 10.8 Å². The minimum absolute atomic E-state index is 0.383. The molecule has 0 saturated carbocycles. The number of aliphatic hydroxyl groups excluding tert-OH is 1. The average molecular weight is 276 g/mol. The summed E-state index contributed by atoms with van der Waals surface area (Å²) in [7, 11) is 1.90. The minimum atomic E-state index is -0.383. The molecule has 0 radical (unpaired) electrons. The Labute approximate surface area is 98.6 Å². The Bertz CT molecular complexity index is 325. The SMILES string of the molecule is CCc1nn(C)c(CC(O)CCN)c1Br. The summed E-state index contributed by atoms with van der Waals surface area (Å²) in [5.41, 5.74) is 7.47. The lowest BCUT2D eigenvalue weighted by atomic mass is 10.1. The van der Waals surface area contributed by atoms with Gasteiger partial charge in [-0.15, -0.1) is 0 Å². The predicted octanol–water partition coefficient (Wildman–Crippen LogP) is 0.997. The molecule has 4 nitrogen and oxygen atoms in total. The number of hydrogen-bond acceptors (Lipinski definition) is 3. The van der Waals surface area contributed by atoms with E-state index in [0.717, 1.165) is 22.3 Å². The molecule has 0 saturated heterocycles. The van der Waals surface area contributed by atoms with Gasteiger partial charge in [-0.3, -0.25) is 4.68 Å². The second kappa shape index (κ2) is 5.63. The van der Waals surface area contributed by atoms with E-state index in [0.29, 0.717) is 19.4 Å². The summed E-state index contributed by atoms with van der Waals surface area (Å²) in [5, 5.41) is 14.1. The second-order valence-corrected chi connectivity index (χ2v) is 4.41. The van der Waals surface area contributed by atoms with Crippen LogP contribution in [0.3, 0.4) is 0 Å². The number of nitrogens with two attached hydrogens (primary N) is 1. The van der Waals surface area contributed by atoms with Crippen LogP contribution in [-0.2, 0) is 19.9 Å². The molecule has 0 bridgehead atoms. The monoisotopic (exact) mass is 275 g/mol. The van der Waals surface area contributed by atoms with E-state index in [-0.39, 0.29) is 6.10 Å². The molecule has 1 heterocycles. The maximum atomic E-state index is 9.69. The van der Waals surface area contributed by atoms with Crippen molar-refractivity contribution in [2.75, 3.05) is 6.54 Å². The Morgan fingerprint density at radius 2 is 2.27 bits per heavy atom. The maximum Gasteiger partial charge on any atom is 0.0766 e. The summed E-state index contributed by atoms with van der Waals surface area (Å²) in [6.45, 7) is 2.57. The molecule has 86 valence electrons. The standard InChI is InChI=1S/C10H18BrN3O/c1-3-8-10(11)9(14(2)13-8)6-7(15)4-5-12/h7,15H,3-6,12H2,1-2H3. The predicted molar refractivity (Wildman–Crippen MR) is 63.7 cm³/mol. The lowest BCUT2D eigenvalue weighted by Crippen LogP contribution is -2.17. The van der Waals surface area contributed by atoms with Crippen molar-refractivity contribution in [1.29, 1.82) is 0 Å². The number of hydrogen-bond donors (Lipinski definition) is 2. The van der Waals surface area contributed by atoms with Crippen LogP contribution in [0.4, 0.5) is 0 Å². The fourth-order valence-electron chi connectivity index (χ4n) is 1.56. The fourth-order valence-corrected chi connectivity index (χ4v) is 2.34. The minimum Gasteiger partial charge on any atom is -0.393 e. The topological polar surface area (TPSA) is 64.1 Å². The van der Waals surface area contributed by atoms with Crippen LogP contribution < -0.4 is 5.73 Å². The lowest BCUT2D eigenvalue weighted by Gasteiger charge is -2.09. The molecule has 0 amide bonds. The smallest absolute Gasteiger partial charge is 0.0766 e. The van der Waals surface area contributed by atoms with E-state index in [1.165, 1.54) is 0 Å². The highest BCUT2D eigenvalue weighted by Gasteiger charge is 2.15. The van der Waals surface area contributed by atoms with Gasteiger partial charge in [0.2, 0.25) is 0 Å². The molecule has 0 aliphatic rings. The van der Waals surface area contributed by atoms with Crippen LogP contribution in [0, 0.1) is 0 Å². The van der Waals surface area contributed by atoms with Crippen LogP contribution >= 0.6 is 15.9 Å². The van der Waals surface area contributed by atoms with Crippen molar-refractivity contribution in [2.45, 2.75) is 32.3 Å². The van der Waals surface area contributed by atoms with Crippen LogP contribution in [0.5, 0.6) is 0 Å². The number of rotatable bonds is 5. The van der Waals surface area contributed by atoms with Crippen LogP contribution in [-0.4, -0.2) is 27.5 Å². The van der Waals surface area contributed by atoms with Gasteiger partial charge >= 0.3 is 0 Å². The third-order valence-electron chi connectivity index (χ3n) is 2.43. The molecule has 3 N–H and O–H groups in total. The third kappa shape index (κ3) is 3.03. The Balaban J connectivity index is 2.80. The molecule has 1 unspecified atom stereocenters. The van der Waals surface area contributed by atoms with E-state index in [2.05, 4.69) is 28.0 Å².